The summed E-state index contributed by atoms with van der Waals surface area (Å²) in [6.45, 7) is 4.37. The molecule has 0 radical (unpaired) electrons. The van der Waals surface area contributed by atoms with E-state index in [-0.39, 0.29) is 11.6 Å². The minimum absolute atomic E-state index is 0.0187. The number of anilines is 1. The molecule has 0 bridgehead atoms. The molecule has 1 atom stereocenters. The molecule has 2 aliphatic rings. The van der Waals surface area contributed by atoms with Crippen molar-refractivity contribution in [1.29, 1.82) is 5.26 Å². The van der Waals surface area contributed by atoms with Crippen LogP contribution in [0.1, 0.15) is 47.4 Å². The summed E-state index contributed by atoms with van der Waals surface area (Å²) in [7, 11) is 0. The molecule has 39 heavy (non-hydrogen) atoms. The number of rotatable bonds is 5. The number of carbonyl (C=O) groups excluding carboxylic acids is 1. The maximum Gasteiger partial charge on any atom is 0.161 e. The van der Waals surface area contributed by atoms with Gasteiger partial charge in [-0.3, -0.25) is 9.69 Å². The van der Waals surface area contributed by atoms with Crippen LogP contribution in [0.4, 0.5) is 5.69 Å². The van der Waals surface area contributed by atoms with E-state index in [1.54, 1.807) is 23.1 Å². The average molecular weight is 623 g/mol. The Morgan fingerprint density at radius 1 is 1.10 bits per heavy atom. The minimum Gasteiger partial charge on any atom is -0.489 e. The fraction of sp³-hybridized carbons (Fsp3) is 0.226. The molecular formula is C31H26BrCl2N3O2. The second-order valence-electron chi connectivity index (χ2n) is 9.79. The van der Waals surface area contributed by atoms with Gasteiger partial charge in [0.1, 0.15) is 18.2 Å². The van der Waals surface area contributed by atoms with E-state index in [0.717, 1.165) is 38.2 Å². The van der Waals surface area contributed by atoms with Crippen LogP contribution < -0.4 is 15.4 Å². The van der Waals surface area contributed by atoms with Gasteiger partial charge in [-0.25, -0.2) is 0 Å². The zero-order chi connectivity index (χ0) is 27.8. The van der Waals surface area contributed by atoms with Crippen LogP contribution in [0.2, 0.25) is 10.0 Å². The lowest BCUT2D eigenvalue weighted by molar-refractivity contribution is -0.116. The molecule has 3 aromatic carbocycles. The van der Waals surface area contributed by atoms with Crippen LogP contribution in [-0.2, 0) is 11.4 Å². The van der Waals surface area contributed by atoms with E-state index in [2.05, 4.69) is 28.1 Å². The SMILES string of the molecule is Cc1cc(COc2ccc(Br)cc2)c(C)c(C2C(C#N)=C(N)N(c3ccc(Cl)cc3Cl)C3=C2C(=O)CCC3)c1. The van der Waals surface area contributed by atoms with E-state index in [9.17, 15) is 10.1 Å². The number of nitrogens with two attached hydrogens (primary N) is 1. The third-order valence-electron chi connectivity index (χ3n) is 7.28. The third-order valence-corrected chi connectivity index (χ3v) is 8.35. The molecule has 0 spiro atoms. The molecule has 1 aliphatic carbocycles. The monoisotopic (exact) mass is 621 g/mol. The van der Waals surface area contributed by atoms with Crippen LogP contribution >= 0.6 is 39.1 Å². The van der Waals surface area contributed by atoms with Crippen molar-refractivity contribution in [3.05, 3.63) is 114 Å². The second kappa shape index (κ2) is 11.1. The predicted molar refractivity (Wildman–Crippen MR) is 159 cm³/mol. The molecule has 1 aliphatic heterocycles. The van der Waals surface area contributed by atoms with Gasteiger partial charge in [0.15, 0.2) is 5.78 Å². The molecule has 0 saturated carbocycles. The van der Waals surface area contributed by atoms with Gasteiger partial charge >= 0.3 is 0 Å². The molecule has 5 rings (SSSR count). The number of Topliss-reactive ketones (excluding diaryl/α,β-unsaturated/α-hetero) is 1. The molecule has 0 aromatic heterocycles. The molecule has 2 N–H and O–H groups in total. The maximum atomic E-state index is 13.6. The zero-order valence-corrected chi connectivity index (χ0v) is 24.6. The summed E-state index contributed by atoms with van der Waals surface area (Å²) < 4.78 is 7.07. The zero-order valence-electron chi connectivity index (χ0n) is 21.5. The summed E-state index contributed by atoms with van der Waals surface area (Å²) in [6.07, 6.45) is 1.75. The third kappa shape index (κ3) is 5.19. The Labute approximate surface area is 246 Å². The Kier molecular flexibility index (Phi) is 7.77. The highest BCUT2D eigenvalue weighted by molar-refractivity contribution is 9.10. The van der Waals surface area contributed by atoms with Gasteiger partial charge in [0.2, 0.25) is 0 Å². The molecule has 8 heteroatoms. The lowest BCUT2D eigenvalue weighted by Crippen LogP contribution is -2.39. The normalized spacial score (nSPS) is 17.3. The first kappa shape index (κ1) is 27.3. The van der Waals surface area contributed by atoms with Crippen molar-refractivity contribution >= 4 is 50.6 Å². The van der Waals surface area contributed by atoms with Crippen molar-refractivity contribution in [2.45, 2.75) is 45.6 Å². The number of nitriles is 1. The molecule has 0 fully saturated rings. The van der Waals surface area contributed by atoms with Crippen LogP contribution in [0.5, 0.6) is 5.75 Å². The number of ketones is 1. The van der Waals surface area contributed by atoms with Crippen molar-refractivity contribution in [3.8, 4) is 11.8 Å². The van der Waals surface area contributed by atoms with Gasteiger partial charge in [-0.15, -0.1) is 0 Å². The van der Waals surface area contributed by atoms with E-state index in [1.807, 2.05) is 44.2 Å². The van der Waals surface area contributed by atoms with E-state index in [0.29, 0.717) is 52.7 Å². The van der Waals surface area contributed by atoms with Crippen molar-refractivity contribution < 1.29 is 9.53 Å². The van der Waals surface area contributed by atoms with Gasteiger partial charge in [0.25, 0.3) is 0 Å². The van der Waals surface area contributed by atoms with E-state index < -0.39 is 5.92 Å². The Morgan fingerprint density at radius 3 is 2.54 bits per heavy atom. The highest BCUT2D eigenvalue weighted by atomic mass is 79.9. The summed E-state index contributed by atoms with van der Waals surface area (Å²) in [5, 5.41) is 11.3. The summed E-state index contributed by atoms with van der Waals surface area (Å²) in [4.78, 5) is 15.3. The van der Waals surface area contributed by atoms with Crippen LogP contribution in [0.3, 0.4) is 0 Å². The molecule has 1 heterocycles. The number of halogens is 3. The summed E-state index contributed by atoms with van der Waals surface area (Å²) >= 11 is 16.2. The number of carbonyl (C=O) groups is 1. The average Bonchev–Trinajstić information content (AvgIpc) is 2.90. The summed E-state index contributed by atoms with van der Waals surface area (Å²) in [6, 6.07) is 19.3. The highest BCUT2D eigenvalue weighted by Crippen LogP contribution is 2.48. The Hall–Kier alpha value is -3.24. The van der Waals surface area contributed by atoms with Crippen LogP contribution in [0.25, 0.3) is 0 Å². The summed E-state index contributed by atoms with van der Waals surface area (Å²) in [5.74, 6) is 0.466. The topological polar surface area (TPSA) is 79.3 Å². The number of aryl methyl sites for hydroxylation is 1. The van der Waals surface area contributed by atoms with Crippen LogP contribution in [0.15, 0.2) is 81.7 Å². The Balaban J connectivity index is 1.64. The lowest BCUT2D eigenvalue weighted by Gasteiger charge is -2.40. The standard InChI is InChI=1S/C31H26BrCl2N3O2/c1-17-12-19(16-39-22-9-6-20(32)7-10-22)18(2)23(13-17)29-24(15-35)31(36)37(26-11-8-21(33)14-25(26)34)27-4-3-5-28(38)30(27)29/h6-14,29H,3-5,16,36H2,1-2H3. The predicted octanol–water partition coefficient (Wildman–Crippen LogP) is 8.26. The van der Waals surface area contributed by atoms with Crippen molar-refractivity contribution in [2.24, 2.45) is 5.73 Å². The van der Waals surface area contributed by atoms with E-state index >= 15 is 0 Å². The number of ether oxygens (including phenoxy) is 1. The fourth-order valence-corrected chi connectivity index (χ4v) is 6.20. The van der Waals surface area contributed by atoms with Gasteiger partial charge < -0.3 is 10.5 Å². The first-order valence-corrected chi connectivity index (χ1v) is 14.1. The number of hydrogen-bond acceptors (Lipinski definition) is 5. The number of nitrogens with zero attached hydrogens (tertiary/aromatic N) is 2. The fourth-order valence-electron chi connectivity index (χ4n) is 5.44. The molecule has 0 saturated heterocycles. The first-order valence-electron chi connectivity index (χ1n) is 12.6. The molecule has 1 unspecified atom stereocenters. The van der Waals surface area contributed by atoms with Gasteiger partial charge in [-0.05, 0) is 85.8 Å². The second-order valence-corrected chi connectivity index (χ2v) is 11.6. The van der Waals surface area contributed by atoms with E-state index in [1.165, 1.54) is 0 Å². The van der Waals surface area contributed by atoms with E-state index in [4.69, 9.17) is 33.7 Å². The lowest BCUT2D eigenvalue weighted by atomic mass is 9.73. The van der Waals surface area contributed by atoms with Gasteiger partial charge in [0.05, 0.1) is 28.3 Å². The number of benzene rings is 3. The van der Waals surface area contributed by atoms with Crippen molar-refractivity contribution in [2.75, 3.05) is 4.90 Å². The number of hydrogen-bond donors (Lipinski definition) is 1. The Bertz CT molecular complexity index is 1590. The molecule has 5 nitrogen and oxygen atoms in total. The van der Waals surface area contributed by atoms with Crippen LogP contribution in [-0.4, -0.2) is 5.78 Å². The molecular weight excluding hydrogens is 597 g/mol. The molecule has 198 valence electrons. The smallest absolute Gasteiger partial charge is 0.161 e. The molecule has 3 aromatic rings. The van der Waals surface area contributed by atoms with Gasteiger partial charge in [0, 0.05) is 27.2 Å². The molecule has 0 amide bonds. The number of allylic oxidation sites excluding steroid dienone is 3. The first-order chi connectivity index (χ1) is 18.7. The quantitative estimate of drug-likeness (QED) is 0.310. The minimum atomic E-state index is -0.577. The van der Waals surface area contributed by atoms with Gasteiger partial charge in [-0.2, -0.15) is 5.26 Å². The van der Waals surface area contributed by atoms with Crippen molar-refractivity contribution in [3.63, 3.8) is 0 Å². The highest BCUT2D eigenvalue weighted by Gasteiger charge is 2.41. The van der Waals surface area contributed by atoms with Gasteiger partial charge in [-0.1, -0.05) is 56.8 Å². The summed E-state index contributed by atoms with van der Waals surface area (Å²) in [5.41, 5.74) is 12.9. The van der Waals surface area contributed by atoms with Crippen molar-refractivity contribution in [1.82, 2.24) is 0 Å². The maximum absolute atomic E-state index is 13.6. The largest absolute Gasteiger partial charge is 0.489 e. The Morgan fingerprint density at radius 2 is 1.85 bits per heavy atom. The van der Waals surface area contributed by atoms with Crippen LogP contribution in [0, 0.1) is 25.2 Å².